The Morgan fingerprint density at radius 1 is 0.917 bits per heavy atom. The third-order valence-corrected chi connectivity index (χ3v) is 6.67. The monoisotopic (exact) mass is 496 g/mol. The Morgan fingerprint density at radius 2 is 1.61 bits per heavy atom. The zero-order chi connectivity index (χ0) is 25.8. The van der Waals surface area contributed by atoms with Gasteiger partial charge in [0.05, 0.1) is 38.6 Å². The van der Waals surface area contributed by atoms with Gasteiger partial charge in [-0.3, -0.25) is 14.4 Å². The fourth-order valence-corrected chi connectivity index (χ4v) is 4.49. The van der Waals surface area contributed by atoms with Crippen LogP contribution < -0.4 is 24.4 Å². The number of rotatable bonds is 7. The van der Waals surface area contributed by atoms with Gasteiger partial charge in [-0.2, -0.15) is 0 Å². The number of methoxy groups -OCH3 is 3. The highest BCUT2D eigenvalue weighted by Crippen LogP contribution is 2.36. The van der Waals surface area contributed by atoms with Crippen LogP contribution in [0.1, 0.15) is 16.8 Å². The summed E-state index contributed by atoms with van der Waals surface area (Å²) in [5, 5.41) is 2.87. The molecule has 2 aliphatic rings. The molecule has 0 bridgehead atoms. The van der Waals surface area contributed by atoms with Gasteiger partial charge in [0.2, 0.25) is 11.8 Å². The number of ether oxygens (including phenoxy) is 3. The number of amides is 3. The summed E-state index contributed by atoms with van der Waals surface area (Å²) in [6.45, 7) is 3.12. The van der Waals surface area contributed by atoms with Crippen LogP contribution in [0.2, 0.25) is 0 Å². The Bertz CT molecular complexity index is 1150. The summed E-state index contributed by atoms with van der Waals surface area (Å²) in [4.78, 5) is 44.6. The molecule has 1 atom stereocenters. The Balaban J connectivity index is 1.50. The molecule has 2 fully saturated rings. The van der Waals surface area contributed by atoms with Crippen LogP contribution in [0.15, 0.2) is 36.4 Å². The topological polar surface area (TPSA) is 101 Å². The van der Waals surface area contributed by atoms with E-state index in [9.17, 15) is 14.4 Å². The standard InChI is InChI=1S/C26H32N4O6/c1-28-9-11-29(12-10-28)26(33)17-5-7-22(35-3)20(13-17)27-25(32)18-14-24(31)30(16-18)21-15-19(34-2)6-8-23(21)36-4/h5-8,13,15,18H,9-12,14,16H2,1-4H3,(H,27,32). The van der Waals surface area contributed by atoms with Gasteiger partial charge in [0.1, 0.15) is 17.2 Å². The molecule has 2 heterocycles. The van der Waals surface area contributed by atoms with Gasteiger partial charge in [0.25, 0.3) is 5.91 Å². The molecular formula is C26H32N4O6. The smallest absolute Gasteiger partial charge is 0.254 e. The molecule has 2 aromatic rings. The van der Waals surface area contributed by atoms with Crippen LogP contribution in [-0.4, -0.2) is 88.6 Å². The van der Waals surface area contributed by atoms with Gasteiger partial charge >= 0.3 is 0 Å². The molecule has 2 saturated heterocycles. The van der Waals surface area contributed by atoms with Gasteiger partial charge in [0.15, 0.2) is 0 Å². The van der Waals surface area contributed by atoms with E-state index in [0.29, 0.717) is 47.3 Å². The molecule has 1 N–H and O–H groups in total. The van der Waals surface area contributed by atoms with E-state index in [1.54, 1.807) is 43.5 Å². The van der Waals surface area contributed by atoms with E-state index in [4.69, 9.17) is 14.2 Å². The predicted octanol–water partition coefficient (Wildman–Crippen LogP) is 2.09. The van der Waals surface area contributed by atoms with Crippen LogP contribution >= 0.6 is 0 Å². The second-order valence-electron chi connectivity index (χ2n) is 8.94. The Labute approximate surface area is 210 Å². The number of hydrogen-bond donors (Lipinski definition) is 1. The second-order valence-corrected chi connectivity index (χ2v) is 8.94. The Morgan fingerprint density at radius 3 is 2.28 bits per heavy atom. The molecule has 2 aromatic carbocycles. The molecule has 0 aromatic heterocycles. The summed E-state index contributed by atoms with van der Waals surface area (Å²) >= 11 is 0. The molecule has 3 amide bonds. The number of anilines is 2. The summed E-state index contributed by atoms with van der Waals surface area (Å²) in [5.74, 6) is 0.348. The lowest BCUT2D eigenvalue weighted by Crippen LogP contribution is -2.47. The van der Waals surface area contributed by atoms with Crippen molar-refractivity contribution in [3.8, 4) is 17.2 Å². The van der Waals surface area contributed by atoms with Gasteiger partial charge in [-0.05, 0) is 37.4 Å². The number of nitrogens with one attached hydrogen (secondary N) is 1. The fourth-order valence-electron chi connectivity index (χ4n) is 4.49. The van der Waals surface area contributed by atoms with Crippen molar-refractivity contribution in [1.82, 2.24) is 9.80 Å². The van der Waals surface area contributed by atoms with Crippen LogP contribution in [-0.2, 0) is 9.59 Å². The molecule has 10 nitrogen and oxygen atoms in total. The third kappa shape index (κ3) is 5.23. The zero-order valence-corrected chi connectivity index (χ0v) is 21.1. The highest BCUT2D eigenvalue weighted by atomic mass is 16.5. The maximum Gasteiger partial charge on any atom is 0.254 e. The molecule has 0 radical (unpaired) electrons. The number of piperazine rings is 1. The Hall–Kier alpha value is -3.79. The molecule has 36 heavy (non-hydrogen) atoms. The van der Waals surface area contributed by atoms with Crippen molar-refractivity contribution < 1.29 is 28.6 Å². The quantitative estimate of drug-likeness (QED) is 0.627. The van der Waals surface area contributed by atoms with E-state index < -0.39 is 5.92 Å². The number of hydrogen-bond acceptors (Lipinski definition) is 7. The first kappa shape index (κ1) is 25.3. The molecule has 192 valence electrons. The van der Waals surface area contributed by atoms with Crippen molar-refractivity contribution in [2.75, 3.05) is 71.3 Å². The molecule has 0 saturated carbocycles. The van der Waals surface area contributed by atoms with Crippen molar-refractivity contribution in [2.24, 2.45) is 5.92 Å². The molecule has 4 rings (SSSR count). The number of benzene rings is 2. The molecule has 2 aliphatic heterocycles. The van der Waals surface area contributed by atoms with Crippen molar-refractivity contribution in [3.63, 3.8) is 0 Å². The van der Waals surface area contributed by atoms with Crippen LogP contribution in [0.3, 0.4) is 0 Å². The van der Waals surface area contributed by atoms with Gasteiger partial charge in [-0.1, -0.05) is 0 Å². The van der Waals surface area contributed by atoms with E-state index in [1.165, 1.54) is 19.1 Å². The summed E-state index contributed by atoms with van der Waals surface area (Å²) in [6.07, 6.45) is 0.0500. The van der Waals surface area contributed by atoms with Crippen molar-refractivity contribution in [2.45, 2.75) is 6.42 Å². The Kier molecular flexibility index (Phi) is 7.64. The van der Waals surface area contributed by atoms with E-state index in [0.717, 1.165) is 13.1 Å². The minimum Gasteiger partial charge on any atom is -0.497 e. The van der Waals surface area contributed by atoms with Gasteiger partial charge in [-0.15, -0.1) is 0 Å². The third-order valence-electron chi connectivity index (χ3n) is 6.67. The fraction of sp³-hybridized carbons (Fsp3) is 0.423. The molecule has 10 heteroatoms. The summed E-state index contributed by atoms with van der Waals surface area (Å²) in [6, 6.07) is 10.2. The van der Waals surface area contributed by atoms with Gasteiger partial charge in [-0.25, -0.2) is 0 Å². The average molecular weight is 497 g/mol. The molecule has 0 aliphatic carbocycles. The summed E-state index contributed by atoms with van der Waals surface area (Å²) in [5.41, 5.74) is 1.42. The minimum atomic E-state index is -0.588. The maximum atomic E-state index is 13.2. The summed E-state index contributed by atoms with van der Waals surface area (Å²) < 4.78 is 16.1. The van der Waals surface area contributed by atoms with Crippen LogP contribution in [0, 0.1) is 5.92 Å². The van der Waals surface area contributed by atoms with Crippen LogP contribution in [0.4, 0.5) is 11.4 Å². The lowest BCUT2D eigenvalue weighted by molar-refractivity contribution is -0.122. The maximum absolute atomic E-state index is 13.2. The van der Waals surface area contributed by atoms with Gasteiger partial charge in [0, 0.05) is 50.8 Å². The average Bonchev–Trinajstić information content (AvgIpc) is 3.29. The van der Waals surface area contributed by atoms with E-state index in [-0.39, 0.29) is 30.7 Å². The van der Waals surface area contributed by atoms with Crippen LogP contribution in [0.5, 0.6) is 17.2 Å². The van der Waals surface area contributed by atoms with E-state index in [2.05, 4.69) is 10.2 Å². The number of carbonyl (C=O) groups is 3. The van der Waals surface area contributed by atoms with Crippen molar-refractivity contribution in [1.29, 1.82) is 0 Å². The number of likely N-dealkylation sites (N-methyl/N-ethyl adjacent to an activating group) is 1. The summed E-state index contributed by atoms with van der Waals surface area (Å²) in [7, 11) is 6.60. The van der Waals surface area contributed by atoms with Gasteiger partial charge < -0.3 is 34.2 Å². The number of carbonyl (C=O) groups excluding carboxylic acids is 3. The van der Waals surface area contributed by atoms with Crippen molar-refractivity contribution >= 4 is 29.1 Å². The molecule has 0 spiro atoms. The minimum absolute atomic E-state index is 0.0500. The van der Waals surface area contributed by atoms with E-state index in [1.807, 2.05) is 11.9 Å². The first-order valence-electron chi connectivity index (χ1n) is 11.8. The first-order chi connectivity index (χ1) is 17.3. The lowest BCUT2D eigenvalue weighted by atomic mass is 10.1. The van der Waals surface area contributed by atoms with Crippen molar-refractivity contribution in [3.05, 3.63) is 42.0 Å². The largest absolute Gasteiger partial charge is 0.497 e. The first-order valence-corrected chi connectivity index (χ1v) is 11.8. The zero-order valence-electron chi connectivity index (χ0n) is 21.1. The SMILES string of the molecule is COc1ccc(OC)c(N2CC(C(=O)Nc3cc(C(=O)N4CCN(C)CC4)ccc3OC)CC2=O)c1. The normalized spacial score (nSPS) is 18.2. The highest BCUT2D eigenvalue weighted by Gasteiger charge is 2.37. The number of nitrogens with zero attached hydrogens (tertiary/aromatic N) is 3. The predicted molar refractivity (Wildman–Crippen MR) is 135 cm³/mol. The lowest BCUT2D eigenvalue weighted by Gasteiger charge is -2.32. The second kappa shape index (κ2) is 10.9. The molecular weight excluding hydrogens is 464 g/mol. The molecule has 1 unspecified atom stereocenters. The van der Waals surface area contributed by atoms with E-state index >= 15 is 0 Å². The van der Waals surface area contributed by atoms with Crippen LogP contribution in [0.25, 0.3) is 0 Å². The highest BCUT2D eigenvalue weighted by molar-refractivity contribution is 6.05.